The van der Waals surface area contributed by atoms with Gasteiger partial charge in [0.25, 0.3) is 0 Å². The molecule has 144 valence electrons. The maximum absolute atomic E-state index is 10.8. The number of benzene rings is 1. The van der Waals surface area contributed by atoms with Crippen molar-refractivity contribution in [2.24, 2.45) is 0 Å². The van der Waals surface area contributed by atoms with Crippen molar-refractivity contribution in [1.82, 2.24) is 20.3 Å². The normalized spacial score (nSPS) is 10.6. The number of hydrogen-bond donors (Lipinski definition) is 5. The molecule has 0 radical (unpaired) electrons. The summed E-state index contributed by atoms with van der Waals surface area (Å²) in [4.78, 5) is 20.5. The van der Waals surface area contributed by atoms with E-state index in [-0.39, 0.29) is 12.6 Å². The van der Waals surface area contributed by atoms with Gasteiger partial charge in [-0.05, 0) is 67.2 Å². The molecule has 0 aliphatic heterocycles. The molecule has 2 aromatic rings. The Morgan fingerprint density at radius 3 is 2.85 bits per heavy atom. The van der Waals surface area contributed by atoms with Gasteiger partial charge in [-0.25, -0.2) is 0 Å². The maximum atomic E-state index is 10.8. The van der Waals surface area contributed by atoms with Gasteiger partial charge in [-0.2, -0.15) is 4.98 Å². The zero-order chi connectivity index (χ0) is 19.6. The fraction of sp³-hybridized carbons (Fsp3) is 0.294. The van der Waals surface area contributed by atoms with Gasteiger partial charge >= 0.3 is 0 Å². The van der Waals surface area contributed by atoms with E-state index in [9.17, 15) is 4.79 Å². The van der Waals surface area contributed by atoms with Crippen LogP contribution in [-0.2, 0) is 11.2 Å². The van der Waals surface area contributed by atoms with Crippen molar-refractivity contribution in [2.75, 3.05) is 24.4 Å². The quantitative estimate of drug-likeness (QED) is 0.321. The summed E-state index contributed by atoms with van der Waals surface area (Å²) in [7, 11) is 1.88. The Labute approximate surface area is 167 Å². The van der Waals surface area contributed by atoms with Crippen LogP contribution < -0.4 is 20.7 Å². The third-order valence-electron chi connectivity index (χ3n) is 3.48. The van der Waals surface area contributed by atoms with Crippen LogP contribution >= 0.6 is 24.4 Å². The Balaban J connectivity index is 1.94. The molecule has 27 heavy (non-hydrogen) atoms. The van der Waals surface area contributed by atoms with Crippen LogP contribution in [0.2, 0.25) is 0 Å². The highest BCUT2D eigenvalue weighted by atomic mass is 32.1. The van der Waals surface area contributed by atoms with Gasteiger partial charge in [0.15, 0.2) is 11.5 Å². The monoisotopic (exact) mass is 406 g/mol. The minimum Gasteiger partial charge on any atom is -0.473 e. The number of amides is 1. The van der Waals surface area contributed by atoms with Crippen molar-refractivity contribution in [3.05, 3.63) is 45.6 Å². The highest BCUT2D eigenvalue weighted by molar-refractivity contribution is 7.71. The molecule has 0 bridgehead atoms. The summed E-state index contributed by atoms with van der Waals surface area (Å²) >= 11 is 9.99. The van der Waals surface area contributed by atoms with Crippen LogP contribution in [0.5, 0.6) is 5.75 Å². The lowest BCUT2D eigenvalue weighted by molar-refractivity contribution is -0.118. The summed E-state index contributed by atoms with van der Waals surface area (Å²) in [5.41, 5.74) is 2.14. The summed E-state index contributed by atoms with van der Waals surface area (Å²) in [6.45, 7) is 1.68. The van der Waals surface area contributed by atoms with Crippen LogP contribution in [0.25, 0.3) is 0 Å². The molecule has 1 aromatic carbocycles. The fourth-order valence-electron chi connectivity index (χ4n) is 2.27. The number of aromatic nitrogens is 3. The topological polar surface area (TPSA) is 107 Å². The zero-order valence-electron chi connectivity index (χ0n) is 15.1. The fourth-order valence-corrected chi connectivity index (χ4v) is 2.73. The number of carbonyl (C=O) groups excluding carboxylic acids is 1. The number of hydrogen-bond acceptors (Lipinski definition) is 7. The minimum atomic E-state index is -0.0839. The maximum Gasteiger partial charge on any atom is 0.220 e. The molecule has 0 unspecified atom stereocenters. The molecule has 1 amide bonds. The van der Waals surface area contributed by atoms with Gasteiger partial charge < -0.3 is 30.7 Å². The highest BCUT2D eigenvalue weighted by Crippen LogP contribution is 2.23. The van der Waals surface area contributed by atoms with Crippen molar-refractivity contribution < 1.29 is 9.53 Å². The molecular weight excluding hydrogens is 384 g/mol. The Kier molecular flexibility index (Phi) is 7.96. The smallest absolute Gasteiger partial charge is 0.220 e. The first-order valence-corrected chi connectivity index (χ1v) is 9.09. The summed E-state index contributed by atoms with van der Waals surface area (Å²) < 4.78 is 6.43. The number of aromatic amines is 2. The molecule has 0 saturated heterocycles. The van der Waals surface area contributed by atoms with Crippen molar-refractivity contribution >= 4 is 42.0 Å². The van der Waals surface area contributed by atoms with E-state index in [1.807, 2.05) is 31.3 Å². The molecule has 0 fully saturated rings. The Hall–Kier alpha value is -2.72. The largest absolute Gasteiger partial charge is 0.473 e. The molecule has 5 N–H and O–H groups in total. The van der Waals surface area contributed by atoms with E-state index < -0.39 is 0 Å². The van der Waals surface area contributed by atoms with Crippen LogP contribution in [-0.4, -0.2) is 34.6 Å². The van der Waals surface area contributed by atoms with Crippen molar-refractivity contribution in [2.45, 2.75) is 19.8 Å². The van der Waals surface area contributed by atoms with Gasteiger partial charge in [0, 0.05) is 19.7 Å². The van der Waals surface area contributed by atoms with Crippen LogP contribution in [0.1, 0.15) is 18.9 Å². The van der Waals surface area contributed by atoms with Crippen molar-refractivity contribution in [3.63, 3.8) is 0 Å². The zero-order valence-corrected chi connectivity index (χ0v) is 16.7. The Morgan fingerprint density at radius 1 is 1.33 bits per heavy atom. The Morgan fingerprint density at radius 2 is 2.15 bits per heavy atom. The van der Waals surface area contributed by atoms with Gasteiger partial charge in [0.2, 0.25) is 16.6 Å². The number of anilines is 2. The van der Waals surface area contributed by atoms with Crippen LogP contribution in [0, 0.1) is 9.54 Å². The van der Waals surface area contributed by atoms with Gasteiger partial charge in [-0.15, -0.1) is 0 Å². The van der Waals surface area contributed by atoms with E-state index >= 15 is 0 Å². The Bertz CT molecular complexity index is 894. The first kappa shape index (κ1) is 20.6. The van der Waals surface area contributed by atoms with Crippen LogP contribution in [0.4, 0.5) is 11.6 Å². The number of allylic oxidation sites excluding steroid dienone is 1. The predicted octanol–water partition coefficient (Wildman–Crippen LogP) is 3.27. The van der Waals surface area contributed by atoms with E-state index in [1.54, 1.807) is 6.20 Å². The van der Waals surface area contributed by atoms with E-state index in [2.05, 4.69) is 30.9 Å². The standard InChI is InChI=1S/C17H22N6O2S2/c1-11(24)19-8-4-3-5-12-9-13(6-7-14(12)18-2)25-10-20-15-21-16(26)23-17(27)22-15/h4,6-9,18H,3,5,10H2,1-2H3,(H,19,24)(H3,20,21,22,23,26,27)/b8-4+. The number of nitrogens with zero attached hydrogens (tertiary/aromatic N) is 1. The SMILES string of the molecule is CNc1ccc(OCNc2nc(=S)[nH]c(=S)[nH]2)cc1CC/C=C/NC(C)=O. The number of rotatable bonds is 9. The lowest BCUT2D eigenvalue weighted by Gasteiger charge is -2.12. The second kappa shape index (κ2) is 10.4. The molecule has 1 heterocycles. The van der Waals surface area contributed by atoms with E-state index in [0.29, 0.717) is 15.5 Å². The first-order chi connectivity index (χ1) is 13.0. The number of carbonyl (C=O) groups is 1. The number of H-pyrrole nitrogens is 2. The van der Waals surface area contributed by atoms with Gasteiger partial charge in [-0.1, -0.05) is 6.08 Å². The minimum absolute atomic E-state index is 0.0839. The second-order valence-electron chi connectivity index (χ2n) is 5.52. The highest BCUT2D eigenvalue weighted by Gasteiger charge is 2.04. The van der Waals surface area contributed by atoms with Gasteiger partial charge in [0.1, 0.15) is 5.75 Å². The number of nitrogens with one attached hydrogen (secondary N) is 5. The van der Waals surface area contributed by atoms with Crippen LogP contribution in [0.3, 0.4) is 0 Å². The van der Waals surface area contributed by atoms with E-state index in [4.69, 9.17) is 29.2 Å². The number of aryl methyl sites for hydroxylation is 1. The lowest BCUT2D eigenvalue weighted by Crippen LogP contribution is -2.12. The second-order valence-corrected chi connectivity index (χ2v) is 6.32. The third kappa shape index (κ3) is 7.19. The summed E-state index contributed by atoms with van der Waals surface area (Å²) in [6.07, 6.45) is 5.18. The molecule has 1 aromatic heterocycles. The average Bonchev–Trinajstić information content (AvgIpc) is 2.60. The van der Waals surface area contributed by atoms with E-state index in [0.717, 1.165) is 29.8 Å². The average molecular weight is 407 g/mol. The van der Waals surface area contributed by atoms with Gasteiger partial charge in [0.05, 0.1) is 0 Å². The van der Waals surface area contributed by atoms with Crippen molar-refractivity contribution in [1.29, 1.82) is 0 Å². The molecule has 0 atom stereocenters. The molecule has 2 rings (SSSR count). The third-order valence-corrected chi connectivity index (χ3v) is 3.87. The molecular formula is C17H22N6O2S2. The molecule has 0 aliphatic carbocycles. The summed E-state index contributed by atoms with van der Waals surface area (Å²) in [5, 5.41) is 8.78. The molecule has 0 spiro atoms. The van der Waals surface area contributed by atoms with Crippen molar-refractivity contribution in [3.8, 4) is 5.75 Å². The molecule has 0 aliphatic rings. The lowest BCUT2D eigenvalue weighted by atomic mass is 10.1. The van der Waals surface area contributed by atoms with Gasteiger partial charge in [-0.3, -0.25) is 4.79 Å². The number of ether oxygens (including phenoxy) is 1. The summed E-state index contributed by atoms with van der Waals surface area (Å²) in [6, 6.07) is 5.83. The summed E-state index contributed by atoms with van der Waals surface area (Å²) in [5.74, 6) is 1.08. The molecule has 8 nitrogen and oxygen atoms in total. The first-order valence-electron chi connectivity index (χ1n) is 8.28. The molecule has 10 heteroatoms. The van der Waals surface area contributed by atoms with Crippen LogP contribution in [0.15, 0.2) is 30.5 Å². The predicted molar refractivity (Wildman–Crippen MR) is 111 cm³/mol. The van der Waals surface area contributed by atoms with E-state index in [1.165, 1.54) is 6.92 Å². The molecule has 0 saturated carbocycles.